The van der Waals surface area contributed by atoms with E-state index >= 15 is 0 Å². The molecule has 0 radical (unpaired) electrons. The molecule has 2 rings (SSSR count). The van der Waals surface area contributed by atoms with Gasteiger partial charge in [-0.1, -0.05) is 0 Å². The second kappa shape index (κ2) is 3.14. The minimum atomic E-state index is -0.569. The quantitative estimate of drug-likeness (QED) is 0.672. The molecule has 1 aliphatic rings. The van der Waals surface area contributed by atoms with E-state index in [4.69, 9.17) is 14.6 Å². The average molecular weight is 181 g/mol. The lowest BCUT2D eigenvalue weighted by Gasteiger charge is -2.08. The molecule has 0 aliphatic carbocycles. The Hall–Kier alpha value is -1.42. The minimum absolute atomic E-state index is 0.271. The van der Waals surface area contributed by atoms with Gasteiger partial charge in [-0.15, -0.1) is 0 Å². The van der Waals surface area contributed by atoms with Gasteiger partial charge in [0.1, 0.15) is 6.23 Å². The molecule has 1 unspecified atom stereocenters. The summed E-state index contributed by atoms with van der Waals surface area (Å²) in [6.07, 6.45) is -0.569. The predicted octanol–water partition coefficient (Wildman–Crippen LogP) is 1.17. The third kappa shape index (κ3) is 1.67. The maximum Gasteiger partial charge on any atom is 0.231 e. The highest BCUT2D eigenvalue weighted by Gasteiger charge is 2.13. The summed E-state index contributed by atoms with van der Waals surface area (Å²) < 4.78 is 10.3. The lowest BCUT2D eigenvalue weighted by molar-refractivity contribution is 0.174. The van der Waals surface area contributed by atoms with Gasteiger partial charge in [-0.3, -0.25) is 0 Å². The normalized spacial score (nSPS) is 15.5. The fraction of sp³-hybridized carbons (Fsp3) is 0.333. The van der Waals surface area contributed by atoms with Crippen LogP contribution in [0.2, 0.25) is 0 Å². The Balaban J connectivity index is 2.21. The Labute approximate surface area is 76.1 Å². The molecule has 70 valence electrons. The second-order valence-corrected chi connectivity index (χ2v) is 2.89. The summed E-state index contributed by atoms with van der Waals surface area (Å²) in [7, 11) is 0. The van der Waals surface area contributed by atoms with Gasteiger partial charge in [0, 0.05) is 11.8 Å². The van der Waals surface area contributed by atoms with Crippen molar-refractivity contribution in [3.63, 3.8) is 0 Å². The first-order valence-corrected chi connectivity index (χ1v) is 4.10. The van der Waals surface area contributed by atoms with Gasteiger partial charge in [-0.05, 0) is 19.1 Å². The number of aliphatic hydroxyl groups excluding tert-OH is 1. The summed E-state index contributed by atoms with van der Waals surface area (Å²) in [6, 6.07) is 5.45. The van der Waals surface area contributed by atoms with E-state index in [0.29, 0.717) is 5.75 Å². The molecule has 0 aromatic heterocycles. The number of anilines is 1. The van der Waals surface area contributed by atoms with E-state index in [1.807, 2.05) is 12.1 Å². The summed E-state index contributed by atoms with van der Waals surface area (Å²) in [6.45, 7) is 1.93. The van der Waals surface area contributed by atoms with Gasteiger partial charge >= 0.3 is 0 Å². The number of fused-ring (bicyclic) bond motifs is 1. The van der Waals surface area contributed by atoms with Crippen LogP contribution in [0.15, 0.2) is 18.2 Å². The van der Waals surface area contributed by atoms with Gasteiger partial charge in [0.05, 0.1) is 0 Å². The molecule has 0 spiro atoms. The largest absolute Gasteiger partial charge is 0.454 e. The molecular formula is C9H11NO3. The van der Waals surface area contributed by atoms with Crippen LogP contribution in [0.3, 0.4) is 0 Å². The maximum atomic E-state index is 9.07. The molecular weight excluding hydrogens is 170 g/mol. The maximum absolute atomic E-state index is 9.07. The Morgan fingerprint density at radius 2 is 2.15 bits per heavy atom. The van der Waals surface area contributed by atoms with Crippen molar-refractivity contribution in [2.45, 2.75) is 13.2 Å². The van der Waals surface area contributed by atoms with Gasteiger partial charge in [-0.25, -0.2) is 0 Å². The van der Waals surface area contributed by atoms with Gasteiger partial charge in [0.25, 0.3) is 0 Å². The molecule has 1 aromatic carbocycles. The van der Waals surface area contributed by atoms with E-state index in [1.54, 1.807) is 13.0 Å². The van der Waals surface area contributed by atoms with E-state index in [-0.39, 0.29) is 6.79 Å². The predicted molar refractivity (Wildman–Crippen MR) is 47.9 cm³/mol. The molecule has 2 N–H and O–H groups in total. The van der Waals surface area contributed by atoms with Gasteiger partial charge in [0.15, 0.2) is 11.5 Å². The zero-order valence-corrected chi connectivity index (χ0v) is 7.28. The summed E-state index contributed by atoms with van der Waals surface area (Å²) in [4.78, 5) is 0. The standard InChI is InChI=1S/C9H11NO3/c1-6(11)10-7-2-3-8-9(4-7)13-5-12-8/h2-4,6,10-11H,5H2,1H3. The van der Waals surface area contributed by atoms with Crippen molar-refractivity contribution in [2.75, 3.05) is 12.1 Å². The van der Waals surface area contributed by atoms with Crippen LogP contribution in [-0.4, -0.2) is 18.1 Å². The van der Waals surface area contributed by atoms with Crippen molar-refractivity contribution in [3.05, 3.63) is 18.2 Å². The monoisotopic (exact) mass is 181 g/mol. The van der Waals surface area contributed by atoms with Crippen molar-refractivity contribution in [1.29, 1.82) is 0 Å². The smallest absolute Gasteiger partial charge is 0.231 e. The van der Waals surface area contributed by atoms with Crippen molar-refractivity contribution < 1.29 is 14.6 Å². The summed E-state index contributed by atoms with van der Waals surface area (Å²) in [5.41, 5.74) is 0.819. The van der Waals surface area contributed by atoms with Crippen LogP contribution in [0.5, 0.6) is 11.5 Å². The lowest BCUT2D eigenvalue weighted by atomic mass is 10.3. The van der Waals surface area contributed by atoms with Crippen molar-refractivity contribution >= 4 is 5.69 Å². The van der Waals surface area contributed by atoms with Gasteiger partial charge in [-0.2, -0.15) is 0 Å². The van der Waals surface area contributed by atoms with Crippen LogP contribution in [0.1, 0.15) is 6.92 Å². The zero-order valence-electron chi connectivity index (χ0n) is 7.28. The Morgan fingerprint density at radius 1 is 1.38 bits per heavy atom. The van der Waals surface area contributed by atoms with Gasteiger partial charge in [0.2, 0.25) is 6.79 Å². The zero-order chi connectivity index (χ0) is 9.26. The third-order valence-corrected chi connectivity index (χ3v) is 1.75. The summed E-state index contributed by atoms with van der Waals surface area (Å²) >= 11 is 0. The first-order chi connectivity index (χ1) is 6.25. The van der Waals surface area contributed by atoms with Crippen molar-refractivity contribution in [1.82, 2.24) is 0 Å². The van der Waals surface area contributed by atoms with Crippen LogP contribution in [0.25, 0.3) is 0 Å². The molecule has 13 heavy (non-hydrogen) atoms. The number of benzene rings is 1. The highest BCUT2D eigenvalue weighted by Crippen LogP contribution is 2.34. The topological polar surface area (TPSA) is 50.7 Å². The van der Waals surface area contributed by atoms with Crippen LogP contribution in [0.4, 0.5) is 5.69 Å². The highest BCUT2D eigenvalue weighted by molar-refractivity contribution is 5.55. The minimum Gasteiger partial charge on any atom is -0.454 e. The van der Waals surface area contributed by atoms with Gasteiger partial charge < -0.3 is 19.9 Å². The van der Waals surface area contributed by atoms with E-state index in [9.17, 15) is 0 Å². The number of ether oxygens (including phenoxy) is 2. The third-order valence-electron chi connectivity index (χ3n) is 1.75. The van der Waals surface area contributed by atoms with E-state index in [1.165, 1.54) is 0 Å². The second-order valence-electron chi connectivity index (χ2n) is 2.89. The molecule has 1 aromatic rings. The number of nitrogens with one attached hydrogen (secondary N) is 1. The molecule has 0 saturated carbocycles. The summed E-state index contributed by atoms with van der Waals surface area (Å²) in [5, 5.41) is 11.9. The van der Waals surface area contributed by atoms with E-state index in [0.717, 1.165) is 11.4 Å². The van der Waals surface area contributed by atoms with E-state index in [2.05, 4.69) is 5.32 Å². The molecule has 1 atom stereocenters. The Kier molecular flexibility index (Phi) is 1.98. The molecule has 4 nitrogen and oxygen atoms in total. The Morgan fingerprint density at radius 3 is 2.92 bits per heavy atom. The molecule has 0 fully saturated rings. The SMILES string of the molecule is CC(O)Nc1ccc2c(c1)OCO2. The Bertz CT molecular complexity index is 312. The van der Waals surface area contributed by atoms with Crippen LogP contribution < -0.4 is 14.8 Å². The van der Waals surface area contributed by atoms with Crippen LogP contribution >= 0.6 is 0 Å². The molecule has 4 heteroatoms. The average Bonchev–Trinajstić information content (AvgIpc) is 2.49. The molecule has 1 aliphatic heterocycles. The highest BCUT2D eigenvalue weighted by atomic mass is 16.7. The molecule has 0 bridgehead atoms. The van der Waals surface area contributed by atoms with Crippen LogP contribution in [0, 0.1) is 0 Å². The van der Waals surface area contributed by atoms with E-state index < -0.39 is 6.23 Å². The first kappa shape index (κ1) is 8.19. The molecule has 0 saturated heterocycles. The van der Waals surface area contributed by atoms with Crippen molar-refractivity contribution in [2.24, 2.45) is 0 Å². The lowest BCUT2D eigenvalue weighted by Crippen LogP contribution is -2.12. The number of aliphatic hydroxyl groups is 1. The molecule has 1 heterocycles. The summed E-state index contributed by atoms with van der Waals surface area (Å²) in [5.74, 6) is 1.46. The van der Waals surface area contributed by atoms with Crippen molar-refractivity contribution in [3.8, 4) is 11.5 Å². The number of hydrogen-bond donors (Lipinski definition) is 2. The fourth-order valence-corrected chi connectivity index (χ4v) is 1.23. The first-order valence-electron chi connectivity index (χ1n) is 4.10. The fourth-order valence-electron chi connectivity index (χ4n) is 1.23. The molecule has 0 amide bonds. The van der Waals surface area contributed by atoms with Crippen LogP contribution in [-0.2, 0) is 0 Å². The number of hydrogen-bond acceptors (Lipinski definition) is 4. The number of rotatable bonds is 2.